The zero-order chi connectivity index (χ0) is 15.9. The molecule has 0 bridgehead atoms. The molecule has 0 unspecified atom stereocenters. The van der Waals surface area contributed by atoms with Crippen LogP contribution >= 0.6 is 23.2 Å². The van der Waals surface area contributed by atoms with Crippen molar-refractivity contribution in [2.45, 2.75) is 0 Å². The van der Waals surface area contributed by atoms with Gasteiger partial charge in [0.25, 0.3) is 11.8 Å². The second kappa shape index (κ2) is 7.59. The normalized spacial score (nSPS) is 10.5. The fraction of sp³-hybridized carbons (Fsp3) is 0. The summed E-state index contributed by atoms with van der Waals surface area (Å²) in [5.74, 6) is -0.929. The molecule has 22 heavy (non-hydrogen) atoms. The summed E-state index contributed by atoms with van der Waals surface area (Å²) < 4.78 is 0. The van der Waals surface area contributed by atoms with Crippen molar-refractivity contribution in [2.75, 3.05) is 0 Å². The maximum Gasteiger partial charge on any atom is 0.269 e. The molecule has 1 aromatic carbocycles. The SMILES string of the molecule is O=C(/C=C/c1ccc(Cl)cc1Cl)NNC(=O)c1ccncc1. The van der Waals surface area contributed by atoms with Crippen molar-refractivity contribution >= 4 is 41.1 Å². The van der Waals surface area contributed by atoms with Crippen molar-refractivity contribution < 1.29 is 9.59 Å². The molecule has 2 aromatic rings. The second-order valence-corrected chi connectivity index (χ2v) is 5.02. The van der Waals surface area contributed by atoms with Gasteiger partial charge >= 0.3 is 0 Å². The van der Waals surface area contributed by atoms with E-state index < -0.39 is 11.8 Å². The highest BCUT2D eigenvalue weighted by atomic mass is 35.5. The van der Waals surface area contributed by atoms with Crippen molar-refractivity contribution in [3.8, 4) is 0 Å². The summed E-state index contributed by atoms with van der Waals surface area (Å²) in [6.07, 6.45) is 5.74. The number of carbonyl (C=O) groups excluding carboxylic acids is 2. The largest absolute Gasteiger partial charge is 0.269 e. The number of pyridine rings is 1. The van der Waals surface area contributed by atoms with Gasteiger partial charge in [-0.15, -0.1) is 0 Å². The summed E-state index contributed by atoms with van der Waals surface area (Å²) in [6.45, 7) is 0. The van der Waals surface area contributed by atoms with Crippen molar-refractivity contribution in [3.63, 3.8) is 0 Å². The topological polar surface area (TPSA) is 71.1 Å². The number of halogens is 2. The molecule has 0 aliphatic heterocycles. The van der Waals surface area contributed by atoms with Crippen LogP contribution in [0.5, 0.6) is 0 Å². The Morgan fingerprint density at radius 1 is 1.05 bits per heavy atom. The molecule has 0 atom stereocenters. The van der Waals surface area contributed by atoms with E-state index in [4.69, 9.17) is 23.2 Å². The molecule has 0 radical (unpaired) electrons. The van der Waals surface area contributed by atoms with Crippen LogP contribution in [0, 0.1) is 0 Å². The van der Waals surface area contributed by atoms with Gasteiger partial charge in [0, 0.05) is 34.1 Å². The monoisotopic (exact) mass is 335 g/mol. The number of nitrogens with zero attached hydrogens (tertiary/aromatic N) is 1. The number of carbonyl (C=O) groups is 2. The van der Waals surface area contributed by atoms with Crippen LogP contribution in [0.15, 0.2) is 48.8 Å². The van der Waals surface area contributed by atoms with Gasteiger partial charge in [-0.3, -0.25) is 25.4 Å². The molecule has 0 saturated heterocycles. The van der Waals surface area contributed by atoms with Gasteiger partial charge in [0.15, 0.2) is 0 Å². The summed E-state index contributed by atoms with van der Waals surface area (Å²) in [5, 5.41) is 0.939. The van der Waals surface area contributed by atoms with E-state index in [0.717, 1.165) is 0 Å². The lowest BCUT2D eigenvalue weighted by atomic mass is 10.2. The predicted octanol–water partition coefficient (Wildman–Crippen LogP) is 2.86. The number of benzene rings is 1. The smallest absolute Gasteiger partial charge is 0.268 e. The fourth-order valence-electron chi connectivity index (χ4n) is 1.54. The minimum Gasteiger partial charge on any atom is -0.268 e. The molecule has 2 rings (SSSR count). The first-order valence-electron chi connectivity index (χ1n) is 6.20. The van der Waals surface area contributed by atoms with Crippen LogP contribution in [-0.2, 0) is 4.79 Å². The Labute approximate surface area is 136 Å². The molecule has 0 fully saturated rings. The molecule has 0 aliphatic carbocycles. The van der Waals surface area contributed by atoms with E-state index in [0.29, 0.717) is 21.2 Å². The highest BCUT2D eigenvalue weighted by Gasteiger charge is 2.05. The van der Waals surface area contributed by atoms with Crippen LogP contribution in [0.1, 0.15) is 15.9 Å². The Kier molecular flexibility index (Phi) is 5.52. The van der Waals surface area contributed by atoms with Crippen LogP contribution in [0.4, 0.5) is 0 Å². The minimum atomic E-state index is -0.492. The summed E-state index contributed by atoms with van der Waals surface area (Å²) in [5.41, 5.74) is 5.58. The molecular weight excluding hydrogens is 325 g/mol. The molecule has 2 amide bonds. The lowest BCUT2D eigenvalue weighted by molar-refractivity contribution is -0.117. The molecule has 5 nitrogen and oxygen atoms in total. The van der Waals surface area contributed by atoms with Crippen LogP contribution in [0.25, 0.3) is 6.08 Å². The summed E-state index contributed by atoms with van der Waals surface area (Å²) in [4.78, 5) is 27.1. The Morgan fingerprint density at radius 3 is 2.45 bits per heavy atom. The lowest BCUT2D eigenvalue weighted by Gasteiger charge is -2.04. The Bertz CT molecular complexity index is 718. The van der Waals surface area contributed by atoms with Crippen LogP contribution in [-0.4, -0.2) is 16.8 Å². The van der Waals surface area contributed by atoms with Gasteiger partial charge < -0.3 is 0 Å². The molecular formula is C15H11Cl2N3O2. The summed E-state index contributed by atoms with van der Waals surface area (Å²) in [7, 11) is 0. The number of aromatic nitrogens is 1. The highest BCUT2D eigenvalue weighted by Crippen LogP contribution is 2.21. The van der Waals surface area contributed by atoms with Gasteiger partial charge in [0.1, 0.15) is 0 Å². The molecule has 2 N–H and O–H groups in total. The van der Waals surface area contributed by atoms with Crippen molar-refractivity contribution in [2.24, 2.45) is 0 Å². The van der Waals surface area contributed by atoms with Crippen LogP contribution in [0.3, 0.4) is 0 Å². The Balaban J connectivity index is 1.90. The fourth-order valence-corrected chi connectivity index (χ4v) is 2.01. The van der Waals surface area contributed by atoms with Gasteiger partial charge in [0.05, 0.1) is 0 Å². The number of hydrogen-bond donors (Lipinski definition) is 2. The van der Waals surface area contributed by atoms with E-state index in [1.165, 1.54) is 36.7 Å². The molecule has 0 aliphatic rings. The average Bonchev–Trinajstić information content (AvgIpc) is 2.52. The maximum atomic E-state index is 11.7. The Morgan fingerprint density at radius 2 is 1.77 bits per heavy atom. The molecule has 1 aromatic heterocycles. The Hall–Kier alpha value is -2.37. The molecule has 7 heteroatoms. The number of nitrogens with one attached hydrogen (secondary N) is 2. The molecule has 0 spiro atoms. The third-order valence-corrected chi connectivity index (χ3v) is 3.18. The van der Waals surface area contributed by atoms with Gasteiger partial charge in [0.2, 0.25) is 0 Å². The molecule has 1 heterocycles. The van der Waals surface area contributed by atoms with Gasteiger partial charge in [-0.1, -0.05) is 29.3 Å². The van der Waals surface area contributed by atoms with E-state index in [2.05, 4.69) is 15.8 Å². The summed E-state index contributed by atoms with van der Waals surface area (Å²) in [6, 6.07) is 7.99. The molecule has 0 saturated carbocycles. The zero-order valence-electron chi connectivity index (χ0n) is 11.2. The molecule has 112 valence electrons. The lowest BCUT2D eigenvalue weighted by Crippen LogP contribution is -2.40. The van der Waals surface area contributed by atoms with E-state index in [1.807, 2.05) is 0 Å². The first kappa shape index (κ1) is 16.0. The standard InChI is InChI=1S/C15H11Cl2N3O2/c16-12-3-1-10(13(17)9-12)2-4-14(21)19-20-15(22)11-5-7-18-8-6-11/h1-9H,(H,19,21)(H,20,22)/b4-2+. The third-order valence-electron chi connectivity index (χ3n) is 2.62. The van der Waals surface area contributed by atoms with Crippen molar-refractivity contribution in [1.29, 1.82) is 0 Å². The number of rotatable bonds is 3. The average molecular weight is 336 g/mol. The van der Waals surface area contributed by atoms with Crippen molar-refractivity contribution in [1.82, 2.24) is 15.8 Å². The van der Waals surface area contributed by atoms with Crippen LogP contribution in [0.2, 0.25) is 10.0 Å². The summed E-state index contributed by atoms with van der Waals surface area (Å²) >= 11 is 11.8. The van der Waals surface area contributed by atoms with Gasteiger partial charge in [-0.2, -0.15) is 0 Å². The number of hydrogen-bond acceptors (Lipinski definition) is 3. The van der Waals surface area contributed by atoms with Crippen LogP contribution < -0.4 is 10.9 Å². The number of hydrazine groups is 1. The van der Waals surface area contributed by atoms with Gasteiger partial charge in [-0.05, 0) is 35.9 Å². The van der Waals surface area contributed by atoms with E-state index in [1.54, 1.807) is 18.2 Å². The third kappa shape index (κ3) is 4.58. The van der Waals surface area contributed by atoms with Crippen molar-refractivity contribution in [3.05, 3.63) is 70.0 Å². The first-order valence-corrected chi connectivity index (χ1v) is 6.95. The van der Waals surface area contributed by atoms with E-state index in [-0.39, 0.29) is 0 Å². The zero-order valence-corrected chi connectivity index (χ0v) is 12.7. The van der Waals surface area contributed by atoms with Gasteiger partial charge in [-0.25, -0.2) is 0 Å². The van der Waals surface area contributed by atoms with E-state index >= 15 is 0 Å². The maximum absolute atomic E-state index is 11.7. The predicted molar refractivity (Wildman–Crippen MR) is 85.3 cm³/mol. The second-order valence-electron chi connectivity index (χ2n) is 4.18. The quantitative estimate of drug-likeness (QED) is 0.669. The van der Waals surface area contributed by atoms with E-state index in [9.17, 15) is 9.59 Å². The minimum absolute atomic E-state index is 0.389. The first-order chi connectivity index (χ1) is 10.6. The highest BCUT2D eigenvalue weighted by molar-refractivity contribution is 6.35. The number of amides is 2.